The van der Waals surface area contributed by atoms with Crippen molar-refractivity contribution in [1.29, 1.82) is 0 Å². The van der Waals surface area contributed by atoms with E-state index in [1.54, 1.807) is 19.0 Å². The maximum absolute atomic E-state index is 12.5. The van der Waals surface area contributed by atoms with Crippen LogP contribution in [-0.2, 0) is 9.53 Å². The van der Waals surface area contributed by atoms with E-state index in [0.717, 1.165) is 24.3 Å². The number of thiophene rings is 1. The summed E-state index contributed by atoms with van der Waals surface area (Å²) >= 11 is 1.47. The molecule has 2 aliphatic rings. The second-order valence-corrected chi connectivity index (χ2v) is 6.75. The van der Waals surface area contributed by atoms with Gasteiger partial charge in [-0.2, -0.15) is 0 Å². The largest absolute Gasteiger partial charge is 0.363 e. The maximum atomic E-state index is 12.5. The Morgan fingerprint density at radius 1 is 1.33 bits per heavy atom. The number of hydrogen-bond donors (Lipinski definition) is 0. The molecule has 0 spiro atoms. The van der Waals surface area contributed by atoms with Gasteiger partial charge in [-0.1, -0.05) is 6.07 Å². The van der Waals surface area contributed by atoms with Gasteiger partial charge in [-0.05, 0) is 30.7 Å². The van der Waals surface area contributed by atoms with Gasteiger partial charge in [-0.25, -0.2) is 0 Å². The first kappa shape index (κ1) is 14.5. The lowest BCUT2D eigenvalue weighted by atomic mass is 9.98. The van der Waals surface area contributed by atoms with Crippen LogP contribution in [0.2, 0.25) is 0 Å². The number of fused-ring (bicyclic) bond motifs is 1. The Bertz CT molecular complexity index is 529. The predicted molar refractivity (Wildman–Crippen MR) is 80.3 cm³/mol. The van der Waals surface area contributed by atoms with Gasteiger partial charge < -0.3 is 14.5 Å². The molecule has 2 amide bonds. The fourth-order valence-electron chi connectivity index (χ4n) is 3.19. The Morgan fingerprint density at radius 3 is 2.81 bits per heavy atom. The molecule has 2 aliphatic heterocycles. The SMILES string of the molecule is CN(C)C(=O)[C@@H]1CC[C@H]2[C@H](CCN2C(=O)c2cccs2)O1. The number of nitrogens with zero attached hydrogens (tertiary/aromatic N) is 2. The molecule has 3 rings (SSSR count). The Morgan fingerprint density at radius 2 is 2.14 bits per heavy atom. The van der Waals surface area contributed by atoms with Crippen LogP contribution in [0.1, 0.15) is 28.9 Å². The summed E-state index contributed by atoms with van der Waals surface area (Å²) in [6, 6.07) is 3.88. The van der Waals surface area contributed by atoms with E-state index in [-0.39, 0.29) is 30.1 Å². The number of likely N-dealkylation sites (N-methyl/N-ethyl adjacent to an activating group) is 1. The summed E-state index contributed by atoms with van der Waals surface area (Å²) in [5.74, 6) is 0.120. The Hall–Kier alpha value is -1.40. The van der Waals surface area contributed by atoms with Crippen molar-refractivity contribution in [2.24, 2.45) is 0 Å². The van der Waals surface area contributed by atoms with Gasteiger partial charge in [0.2, 0.25) is 0 Å². The number of rotatable bonds is 2. The highest BCUT2D eigenvalue weighted by molar-refractivity contribution is 7.12. The van der Waals surface area contributed by atoms with Crippen molar-refractivity contribution in [3.63, 3.8) is 0 Å². The summed E-state index contributed by atoms with van der Waals surface area (Å²) in [5.41, 5.74) is 0. The topological polar surface area (TPSA) is 49.9 Å². The molecule has 2 saturated heterocycles. The summed E-state index contributed by atoms with van der Waals surface area (Å²) in [7, 11) is 3.50. The van der Waals surface area contributed by atoms with E-state index >= 15 is 0 Å². The average molecular weight is 308 g/mol. The standard InChI is InChI=1S/C15H20N2O3S/c1-16(2)14(18)12-6-5-10-11(20-12)7-8-17(10)15(19)13-4-3-9-21-13/h3-4,9-12H,5-8H2,1-2H3/t10-,11-,12-/m0/s1. The molecule has 0 radical (unpaired) electrons. The zero-order valence-corrected chi connectivity index (χ0v) is 13.1. The van der Waals surface area contributed by atoms with Crippen molar-refractivity contribution in [3.8, 4) is 0 Å². The molecular formula is C15H20N2O3S. The lowest BCUT2D eigenvalue weighted by molar-refractivity contribution is -0.151. The fraction of sp³-hybridized carbons (Fsp3) is 0.600. The zero-order valence-electron chi connectivity index (χ0n) is 12.3. The zero-order chi connectivity index (χ0) is 15.0. The van der Waals surface area contributed by atoms with Crippen LogP contribution in [0.25, 0.3) is 0 Å². The minimum atomic E-state index is -0.349. The third-order valence-electron chi connectivity index (χ3n) is 4.26. The highest BCUT2D eigenvalue weighted by Crippen LogP contribution is 2.33. The Kier molecular flexibility index (Phi) is 3.99. The average Bonchev–Trinajstić information content (AvgIpc) is 3.14. The highest BCUT2D eigenvalue weighted by Gasteiger charge is 2.44. The Labute approximate surface area is 128 Å². The number of carbonyl (C=O) groups is 2. The van der Waals surface area contributed by atoms with Crippen LogP contribution in [0, 0.1) is 0 Å². The van der Waals surface area contributed by atoms with E-state index in [1.807, 2.05) is 22.4 Å². The molecule has 0 unspecified atom stereocenters. The molecule has 0 saturated carbocycles. The number of likely N-dealkylation sites (tertiary alicyclic amines) is 1. The van der Waals surface area contributed by atoms with Gasteiger partial charge in [0.05, 0.1) is 17.0 Å². The summed E-state index contributed by atoms with van der Waals surface area (Å²) < 4.78 is 5.95. The molecule has 114 valence electrons. The van der Waals surface area contributed by atoms with Crippen molar-refractivity contribution in [1.82, 2.24) is 9.80 Å². The molecule has 21 heavy (non-hydrogen) atoms. The van der Waals surface area contributed by atoms with Gasteiger partial charge in [0.1, 0.15) is 6.10 Å². The van der Waals surface area contributed by atoms with Crippen LogP contribution in [-0.4, -0.2) is 60.5 Å². The lowest BCUT2D eigenvalue weighted by Crippen LogP contribution is -2.48. The number of ether oxygens (including phenoxy) is 1. The van der Waals surface area contributed by atoms with Gasteiger partial charge in [0, 0.05) is 20.6 Å². The van der Waals surface area contributed by atoms with Crippen molar-refractivity contribution in [3.05, 3.63) is 22.4 Å². The van der Waals surface area contributed by atoms with Gasteiger partial charge in [-0.3, -0.25) is 9.59 Å². The van der Waals surface area contributed by atoms with E-state index in [0.29, 0.717) is 6.42 Å². The molecule has 1 aromatic heterocycles. The number of carbonyl (C=O) groups excluding carboxylic acids is 2. The smallest absolute Gasteiger partial charge is 0.264 e. The van der Waals surface area contributed by atoms with Crippen molar-refractivity contribution in [2.45, 2.75) is 37.5 Å². The summed E-state index contributed by atoms with van der Waals surface area (Å²) in [6.07, 6.45) is 1.99. The number of amides is 2. The molecule has 0 N–H and O–H groups in total. The van der Waals surface area contributed by atoms with E-state index < -0.39 is 0 Å². The third-order valence-corrected chi connectivity index (χ3v) is 5.11. The second-order valence-electron chi connectivity index (χ2n) is 5.81. The Balaban J connectivity index is 1.67. The molecule has 0 aromatic carbocycles. The first-order valence-electron chi connectivity index (χ1n) is 7.29. The quantitative estimate of drug-likeness (QED) is 0.834. The molecule has 2 fully saturated rings. The monoisotopic (exact) mass is 308 g/mol. The summed E-state index contributed by atoms with van der Waals surface area (Å²) in [6.45, 7) is 0.717. The minimum absolute atomic E-state index is 0.00318. The lowest BCUT2D eigenvalue weighted by Gasteiger charge is -2.36. The van der Waals surface area contributed by atoms with Crippen molar-refractivity contribution < 1.29 is 14.3 Å². The van der Waals surface area contributed by atoms with Crippen LogP contribution >= 0.6 is 11.3 Å². The van der Waals surface area contributed by atoms with Gasteiger partial charge in [0.15, 0.2) is 0 Å². The molecular weight excluding hydrogens is 288 g/mol. The van der Waals surface area contributed by atoms with E-state index in [9.17, 15) is 9.59 Å². The maximum Gasteiger partial charge on any atom is 0.264 e. The van der Waals surface area contributed by atoms with Crippen LogP contribution in [0.3, 0.4) is 0 Å². The summed E-state index contributed by atoms with van der Waals surface area (Å²) in [4.78, 5) is 28.8. The van der Waals surface area contributed by atoms with Crippen molar-refractivity contribution >= 4 is 23.2 Å². The molecule has 6 heteroatoms. The predicted octanol–water partition coefficient (Wildman–Crippen LogP) is 1.60. The first-order chi connectivity index (χ1) is 10.1. The first-order valence-corrected chi connectivity index (χ1v) is 8.17. The highest BCUT2D eigenvalue weighted by atomic mass is 32.1. The second kappa shape index (κ2) is 5.77. The molecule has 0 bridgehead atoms. The van der Waals surface area contributed by atoms with Crippen LogP contribution in [0.5, 0.6) is 0 Å². The van der Waals surface area contributed by atoms with Gasteiger partial charge in [-0.15, -0.1) is 11.3 Å². The molecule has 3 atom stereocenters. The molecule has 0 aliphatic carbocycles. The van der Waals surface area contributed by atoms with E-state index in [2.05, 4.69) is 0 Å². The third kappa shape index (κ3) is 2.70. The molecule has 1 aromatic rings. The van der Waals surface area contributed by atoms with E-state index in [4.69, 9.17) is 4.74 Å². The fourth-order valence-corrected chi connectivity index (χ4v) is 3.87. The van der Waals surface area contributed by atoms with Crippen molar-refractivity contribution in [2.75, 3.05) is 20.6 Å². The number of hydrogen-bond acceptors (Lipinski definition) is 4. The molecule has 5 nitrogen and oxygen atoms in total. The van der Waals surface area contributed by atoms with Gasteiger partial charge >= 0.3 is 0 Å². The van der Waals surface area contributed by atoms with Crippen LogP contribution in [0.4, 0.5) is 0 Å². The van der Waals surface area contributed by atoms with Gasteiger partial charge in [0.25, 0.3) is 11.8 Å². The normalized spacial score (nSPS) is 28.3. The van der Waals surface area contributed by atoms with Crippen LogP contribution < -0.4 is 0 Å². The van der Waals surface area contributed by atoms with E-state index in [1.165, 1.54) is 11.3 Å². The summed E-state index contributed by atoms with van der Waals surface area (Å²) in [5, 5.41) is 1.92. The molecule has 3 heterocycles. The van der Waals surface area contributed by atoms with Crippen LogP contribution in [0.15, 0.2) is 17.5 Å². The minimum Gasteiger partial charge on any atom is -0.363 e.